The molecule has 1 atom stereocenters. The van der Waals surface area contributed by atoms with Crippen molar-refractivity contribution in [2.45, 2.75) is 38.0 Å². The molecule has 1 aromatic heterocycles. The van der Waals surface area contributed by atoms with Crippen LogP contribution in [0.4, 0.5) is 0 Å². The number of carbonyl (C=O) groups is 1. The lowest BCUT2D eigenvalue weighted by atomic mass is 10.2. The van der Waals surface area contributed by atoms with Crippen molar-refractivity contribution in [3.8, 4) is 0 Å². The molecule has 0 spiro atoms. The van der Waals surface area contributed by atoms with Crippen molar-refractivity contribution in [3.63, 3.8) is 0 Å². The molecule has 3 nitrogen and oxygen atoms in total. The van der Waals surface area contributed by atoms with Crippen LogP contribution in [0.25, 0.3) is 0 Å². The number of aromatic nitrogens is 1. The van der Waals surface area contributed by atoms with Gasteiger partial charge in [-0.2, -0.15) is 0 Å². The summed E-state index contributed by atoms with van der Waals surface area (Å²) in [6.45, 7) is 3.60. The molecule has 1 unspecified atom stereocenters. The van der Waals surface area contributed by atoms with Crippen LogP contribution in [0.5, 0.6) is 0 Å². The van der Waals surface area contributed by atoms with Crippen LogP contribution in [-0.2, 0) is 4.79 Å². The molecule has 0 radical (unpaired) electrons. The van der Waals surface area contributed by atoms with Gasteiger partial charge in [0.1, 0.15) is 0 Å². The Morgan fingerprint density at radius 2 is 2.06 bits per heavy atom. The first-order valence-corrected chi connectivity index (χ1v) is 7.35. The summed E-state index contributed by atoms with van der Waals surface area (Å²) in [4.78, 5) is 18.4. The van der Waals surface area contributed by atoms with Gasteiger partial charge in [-0.25, -0.2) is 4.98 Å². The number of alkyl halides is 1. The summed E-state index contributed by atoms with van der Waals surface area (Å²) >= 11 is 7.74. The van der Waals surface area contributed by atoms with E-state index in [9.17, 15) is 4.79 Å². The normalized spacial score (nSPS) is 18.8. The molecule has 0 aromatic carbocycles. The van der Waals surface area contributed by atoms with E-state index in [1.54, 1.807) is 0 Å². The first kappa shape index (κ1) is 12.8. The number of thiazole rings is 1. The molecular weight excluding hydrogens is 256 g/mol. The highest BCUT2D eigenvalue weighted by Gasteiger charge is 2.26. The van der Waals surface area contributed by atoms with Crippen molar-refractivity contribution >= 4 is 28.8 Å². The summed E-state index contributed by atoms with van der Waals surface area (Å²) in [5.74, 6) is 0.0128. The molecule has 0 aliphatic carbocycles. The van der Waals surface area contributed by atoms with Gasteiger partial charge in [0.05, 0.1) is 10.7 Å². The second kappa shape index (κ2) is 5.83. The Bertz CT molecular complexity index is 386. The zero-order valence-electron chi connectivity index (χ0n) is 9.99. The van der Waals surface area contributed by atoms with E-state index in [1.807, 2.05) is 17.2 Å². The monoisotopic (exact) mass is 272 g/mol. The largest absolute Gasteiger partial charge is 0.341 e. The van der Waals surface area contributed by atoms with E-state index in [2.05, 4.69) is 4.98 Å². The Labute approximate surface area is 111 Å². The first-order chi connectivity index (χ1) is 8.18. The zero-order valence-corrected chi connectivity index (χ0v) is 11.6. The highest BCUT2D eigenvalue weighted by atomic mass is 35.5. The average molecular weight is 273 g/mol. The van der Waals surface area contributed by atoms with E-state index in [0.717, 1.165) is 30.9 Å². The van der Waals surface area contributed by atoms with Crippen molar-refractivity contribution in [1.29, 1.82) is 0 Å². The van der Waals surface area contributed by atoms with Gasteiger partial charge in [0.15, 0.2) is 5.38 Å². The van der Waals surface area contributed by atoms with E-state index < -0.39 is 5.38 Å². The molecule has 2 rings (SSSR count). The molecule has 0 N–H and O–H groups in total. The molecule has 1 saturated heterocycles. The number of hydrogen-bond acceptors (Lipinski definition) is 3. The van der Waals surface area contributed by atoms with Gasteiger partial charge < -0.3 is 4.90 Å². The summed E-state index contributed by atoms with van der Waals surface area (Å²) < 4.78 is 0. The maximum absolute atomic E-state index is 12.2. The number of nitrogens with zero attached hydrogens (tertiary/aromatic N) is 2. The maximum Gasteiger partial charge on any atom is 0.246 e. The number of likely N-dealkylation sites (tertiary alicyclic amines) is 1. The van der Waals surface area contributed by atoms with Crippen molar-refractivity contribution in [1.82, 2.24) is 9.88 Å². The highest BCUT2D eigenvalue weighted by molar-refractivity contribution is 7.09. The highest BCUT2D eigenvalue weighted by Crippen LogP contribution is 2.25. The molecule has 1 aliphatic heterocycles. The van der Waals surface area contributed by atoms with Crippen LogP contribution >= 0.6 is 22.9 Å². The molecule has 1 aromatic rings. The minimum absolute atomic E-state index is 0.0128. The summed E-state index contributed by atoms with van der Waals surface area (Å²) in [6.07, 6.45) is 4.61. The zero-order chi connectivity index (χ0) is 12.3. The summed E-state index contributed by atoms with van der Waals surface area (Å²) in [5, 5.41) is 2.22. The second-order valence-corrected chi connectivity index (χ2v) is 5.89. The number of rotatable bonds is 2. The number of carbonyl (C=O) groups excluding carboxylic acids is 1. The van der Waals surface area contributed by atoms with Crippen molar-refractivity contribution in [2.24, 2.45) is 0 Å². The van der Waals surface area contributed by atoms with Gasteiger partial charge in [-0.05, 0) is 19.8 Å². The van der Waals surface area contributed by atoms with E-state index in [0.29, 0.717) is 5.69 Å². The molecule has 17 heavy (non-hydrogen) atoms. The van der Waals surface area contributed by atoms with Crippen LogP contribution in [-0.4, -0.2) is 28.9 Å². The summed E-state index contributed by atoms with van der Waals surface area (Å²) in [7, 11) is 0. The van der Waals surface area contributed by atoms with Gasteiger partial charge in [0.25, 0.3) is 0 Å². The van der Waals surface area contributed by atoms with Crippen LogP contribution in [0.15, 0.2) is 5.38 Å². The predicted molar refractivity (Wildman–Crippen MR) is 70.5 cm³/mol. The van der Waals surface area contributed by atoms with Crippen LogP contribution < -0.4 is 0 Å². The Morgan fingerprint density at radius 1 is 1.41 bits per heavy atom. The lowest BCUT2D eigenvalue weighted by molar-refractivity contribution is -0.130. The van der Waals surface area contributed by atoms with E-state index >= 15 is 0 Å². The van der Waals surface area contributed by atoms with Gasteiger partial charge in [0, 0.05) is 18.5 Å². The minimum Gasteiger partial charge on any atom is -0.341 e. The molecule has 2 heterocycles. The summed E-state index contributed by atoms with van der Waals surface area (Å²) in [5.41, 5.74) is 0.698. The minimum atomic E-state index is -0.613. The Kier molecular flexibility index (Phi) is 4.40. The molecule has 1 amide bonds. The molecule has 1 fully saturated rings. The lowest BCUT2D eigenvalue weighted by Crippen LogP contribution is -2.34. The first-order valence-electron chi connectivity index (χ1n) is 6.03. The van der Waals surface area contributed by atoms with Crippen molar-refractivity contribution < 1.29 is 4.79 Å². The molecule has 0 saturated carbocycles. The molecule has 5 heteroatoms. The van der Waals surface area contributed by atoms with Gasteiger partial charge in [0.2, 0.25) is 5.91 Å². The standard InChI is InChI=1S/C12H17ClN2OS/c1-9-14-10(8-17-9)11(13)12(16)15-6-4-2-3-5-7-15/h8,11H,2-7H2,1H3. The van der Waals surface area contributed by atoms with E-state index in [1.165, 1.54) is 24.2 Å². The van der Waals surface area contributed by atoms with Crippen LogP contribution in [0.1, 0.15) is 41.8 Å². The van der Waals surface area contributed by atoms with Gasteiger partial charge in [-0.1, -0.05) is 12.8 Å². The van der Waals surface area contributed by atoms with Gasteiger partial charge >= 0.3 is 0 Å². The van der Waals surface area contributed by atoms with E-state index in [-0.39, 0.29) is 5.91 Å². The van der Waals surface area contributed by atoms with Crippen molar-refractivity contribution in [3.05, 3.63) is 16.1 Å². The Balaban J connectivity index is 2.03. The number of amides is 1. The SMILES string of the molecule is Cc1nc(C(Cl)C(=O)N2CCCCCC2)cs1. The van der Waals surface area contributed by atoms with Crippen LogP contribution in [0.2, 0.25) is 0 Å². The summed E-state index contributed by atoms with van der Waals surface area (Å²) in [6, 6.07) is 0. The fourth-order valence-corrected chi connectivity index (χ4v) is 3.04. The molecule has 0 bridgehead atoms. The number of halogens is 1. The number of hydrogen-bond donors (Lipinski definition) is 0. The van der Waals surface area contributed by atoms with Gasteiger partial charge in [-0.3, -0.25) is 4.79 Å². The maximum atomic E-state index is 12.2. The fraction of sp³-hybridized carbons (Fsp3) is 0.667. The van der Waals surface area contributed by atoms with E-state index in [4.69, 9.17) is 11.6 Å². The van der Waals surface area contributed by atoms with Crippen LogP contribution in [0, 0.1) is 6.92 Å². The topological polar surface area (TPSA) is 33.2 Å². The quantitative estimate of drug-likeness (QED) is 0.775. The molecular formula is C12H17ClN2OS. The number of aryl methyl sites for hydroxylation is 1. The van der Waals surface area contributed by atoms with Crippen molar-refractivity contribution in [2.75, 3.05) is 13.1 Å². The molecule has 1 aliphatic rings. The fourth-order valence-electron chi connectivity index (χ4n) is 2.07. The smallest absolute Gasteiger partial charge is 0.246 e. The lowest BCUT2D eigenvalue weighted by Gasteiger charge is -2.22. The average Bonchev–Trinajstić information content (AvgIpc) is 2.60. The second-order valence-electron chi connectivity index (χ2n) is 4.39. The third kappa shape index (κ3) is 3.19. The third-order valence-electron chi connectivity index (χ3n) is 3.03. The molecule has 94 valence electrons. The predicted octanol–water partition coefficient (Wildman–Crippen LogP) is 3.13. The van der Waals surface area contributed by atoms with Gasteiger partial charge in [-0.15, -0.1) is 22.9 Å². The van der Waals surface area contributed by atoms with Crippen LogP contribution in [0.3, 0.4) is 0 Å². The Hall–Kier alpha value is -0.610. The third-order valence-corrected chi connectivity index (χ3v) is 4.23. The Morgan fingerprint density at radius 3 is 2.59 bits per heavy atom.